The van der Waals surface area contributed by atoms with Crippen molar-refractivity contribution in [2.24, 2.45) is 0 Å². The van der Waals surface area contributed by atoms with Crippen LogP contribution in [-0.4, -0.2) is 11.1 Å². The van der Waals surface area contributed by atoms with Gasteiger partial charge in [0.05, 0.1) is 16.6 Å². The van der Waals surface area contributed by atoms with Gasteiger partial charge in [0, 0.05) is 27.0 Å². The molecular formula is C48H28BNO2. The van der Waals surface area contributed by atoms with E-state index in [9.17, 15) is 0 Å². The van der Waals surface area contributed by atoms with Gasteiger partial charge in [-0.2, -0.15) is 0 Å². The molecule has 0 unspecified atom stereocenters. The Bertz CT molecular complexity index is 3140. The summed E-state index contributed by atoms with van der Waals surface area (Å²) in [6, 6.07) is 61.4. The summed E-state index contributed by atoms with van der Waals surface area (Å²) in [5, 5.41) is 9.75. The molecule has 2 aliphatic rings. The van der Waals surface area contributed by atoms with Crippen molar-refractivity contribution in [1.82, 2.24) is 4.40 Å². The van der Waals surface area contributed by atoms with Gasteiger partial charge in [-0.1, -0.05) is 127 Å². The van der Waals surface area contributed by atoms with E-state index in [4.69, 9.17) is 9.47 Å². The van der Waals surface area contributed by atoms with E-state index in [1.54, 1.807) is 0 Å². The van der Waals surface area contributed by atoms with Crippen molar-refractivity contribution in [1.29, 1.82) is 0 Å². The monoisotopic (exact) mass is 661 g/mol. The molecule has 0 saturated heterocycles. The Hall–Kier alpha value is -6.78. The largest absolute Gasteiger partial charge is 0.458 e. The summed E-state index contributed by atoms with van der Waals surface area (Å²) in [5.41, 5.74) is 9.17. The molecule has 0 aliphatic carbocycles. The number of hydrogen-bond acceptors (Lipinski definition) is 2. The van der Waals surface area contributed by atoms with E-state index < -0.39 is 0 Å². The number of ether oxygens (including phenoxy) is 2. The Morgan fingerprint density at radius 2 is 0.827 bits per heavy atom. The first kappa shape index (κ1) is 28.0. The highest BCUT2D eigenvalue weighted by Crippen LogP contribution is 2.42. The van der Waals surface area contributed by atoms with Gasteiger partial charge in [-0.05, 0) is 86.1 Å². The highest BCUT2D eigenvalue weighted by molar-refractivity contribution is 6.98. The smallest absolute Gasteiger partial charge is 0.260 e. The minimum Gasteiger partial charge on any atom is -0.458 e. The molecule has 0 fully saturated rings. The average Bonchev–Trinajstić information content (AvgIpc) is 3.56. The molecule has 0 radical (unpaired) electrons. The Kier molecular flexibility index (Phi) is 5.58. The summed E-state index contributed by atoms with van der Waals surface area (Å²) in [4.78, 5) is 0. The van der Waals surface area contributed by atoms with Gasteiger partial charge in [0.25, 0.3) is 6.71 Å². The maximum absolute atomic E-state index is 6.69. The van der Waals surface area contributed by atoms with Gasteiger partial charge >= 0.3 is 0 Å². The molecule has 0 spiro atoms. The number of rotatable bonds is 1. The minimum atomic E-state index is 0.0479. The fourth-order valence-electron chi connectivity index (χ4n) is 9.08. The first-order valence-corrected chi connectivity index (χ1v) is 17.9. The highest BCUT2D eigenvalue weighted by atomic mass is 16.5. The summed E-state index contributed by atoms with van der Waals surface area (Å²) < 4.78 is 15.9. The van der Waals surface area contributed by atoms with Gasteiger partial charge < -0.3 is 13.9 Å². The second kappa shape index (κ2) is 10.4. The molecule has 4 heteroatoms. The summed E-state index contributed by atoms with van der Waals surface area (Å²) in [6.45, 7) is 0.0479. The van der Waals surface area contributed by atoms with Crippen LogP contribution in [0.2, 0.25) is 0 Å². The molecule has 0 amide bonds. The summed E-state index contributed by atoms with van der Waals surface area (Å²) in [6.07, 6.45) is 0. The fourth-order valence-corrected chi connectivity index (χ4v) is 9.08. The normalized spacial score (nSPS) is 12.9. The molecular weight excluding hydrogens is 633 g/mol. The van der Waals surface area contributed by atoms with Crippen LogP contribution >= 0.6 is 0 Å². The van der Waals surface area contributed by atoms with Gasteiger partial charge in [-0.25, -0.2) is 0 Å². The van der Waals surface area contributed by atoms with Crippen molar-refractivity contribution >= 4 is 82.7 Å². The third-order valence-electron chi connectivity index (χ3n) is 11.3. The molecule has 12 rings (SSSR count). The van der Waals surface area contributed by atoms with E-state index in [2.05, 4.69) is 162 Å². The zero-order valence-electron chi connectivity index (χ0n) is 28.0. The van der Waals surface area contributed by atoms with E-state index in [-0.39, 0.29) is 6.71 Å². The van der Waals surface area contributed by atoms with Crippen LogP contribution in [0.25, 0.3) is 70.8 Å². The Labute approximate surface area is 299 Å². The van der Waals surface area contributed by atoms with Crippen molar-refractivity contribution in [3.63, 3.8) is 0 Å². The van der Waals surface area contributed by atoms with E-state index in [0.29, 0.717) is 0 Å². The van der Waals surface area contributed by atoms with Crippen molar-refractivity contribution < 1.29 is 9.47 Å². The van der Waals surface area contributed by atoms with Crippen molar-refractivity contribution in [3.8, 4) is 34.1 Å². The second-order valence-corrected chi connectivity index (χ2v) is 14.0. The van der Waals surface area contributed by atoms with E-state index >= 15 is 0 Å². The van der Waals surface area contributed by atoms with Crippen LogP contribution in [0.1, 0.15) is 0 Å². The third kappa shape index (κ3) is 3.76. The predicted octanol–water partition coefficient (Wildman–Crippen LogP) is 10.7. The highest BCUT2D eigenvalue weighted by Gasteiger charge is 2.40. The van der Waals surface area contributed by atoms with Crippen LogP contribution in [0.3, 0.4) is 0 Å². The summed E-state index contributed by atoms with van der Waals surface area (Å²) >= 11 is 0. The third-order valence-corrected chi connectivity index (χ3v) is 11.3. The molecule has 240 valence electrons. The van der Waals surface area contributed by atoms with E-state index in [1.165, 1.54) is 65.0 Å². The Morgan fingerprint density at radius 3 is 1.48 bits per heavy atom. The minimum absolute atomic E-state index is 0.0479. The topological polar surface area (TPSA) is 22.9 Å². The number of nitrogens with zero attached hydrogens (tertiary/aromatic N) is 1. The van der Waals surface area contributed by atoms with Gasteiger partial charge in [-0.15, -0.1) is 0 Å². The number of aromatic nitrogens is 1. The molecule has 0 N–H and O–H groups in total. The lowest BCUT2D eigenvalue weighted by Gasteiger charge is -2.33. The number of benzene rings is 8. The number of fused-ring (bicyclic) bond motifs is 14. The van der Waals surface area contributed by atoms with Gasteiger partial charge in [0.2, 0.25) is 0 Å². The zero-order chi connectivity index (χ0) is 33.9. The van der Waals surface area contributed by atoms with Gasteiger partial charge in [0.15, 0.2) is 0 Å². The molecule has 0 atom stereocenters. The lowest BCUT2D eigenvalue weighted by Crippen LogP contribution is -2.57. The fraction of sp³-hybridized carbons (Fsp3) is 0. The molecule has 2 aliphatic heterocycles. The number of hydrogen-bond donors (Lipinski definition) is 0. The van der Waals surface area contributed by atoms with Crippen LogP contribution in [0.15, 0.2) is 170 Å². The van der Waals surface area contributed by atoms with Crippen LogP contribution in [0, 0.1) is 0 Å². The first-order chi connectivity index (χ1) is 25.8. The summed E-state index contributed by atoms with van der Waals surface area (Å²) in [7, 11) is 0. The van der Waals surface area contributed by atoms with E-state index in [0.717, 1.165) is 45.1 Å². The van der Waals surface area contributed by atoms with Crippen LogP contribution in [-0.2, 0) is 0 Å². The SMILES string of the molecule is c1ccc2c(c1)Oc1cc(-c3ccc4c5ccccc5c5cccc6c7ccccc7n(c7ccccc7c4c3)c56)cc3c1B2c1ccccc1O3. The zero-order valence-corrected chi connectivity index (χ0v) is 28.0. The number of para-hydroxylation sites is 5. The average molecular weight is 662 g/mol. The van der Waals surface area contributed by atoms with E-state index in [1.807, 2.05) is 12.1 Å². The molecule has 8 aromatic carbocycles. The van der Waals surface area contributed by atoms with Crippen molar-refractivity contribution in [2.75, 3.05) is 0 Å². The molecule has 0 bridgehead atoms. The maximum atomic E-state index is 6.69. The van der Waals surface area contributed by atoms with Gasteiger partial charge in [-0.3, -0.25) is 0 Å². The first-order valence-electron chi connectivity index (χ1n) is 17.9. The maximum Gasteiger partial charge on any atom is 0.260 e. The second-order valence-electron chi connectivity index (χ2n) is 14.0. The standard InChI is InChI=1S/C48H28BNO2/c1-2-13-32-31(12-1)33-25-24-29(30-27-45-47-46(28-30)52-44-23-10-6-19-40(44)49(47)39-18-5-9-22-43(39)51-45)26-38(33)35-15-4-8-21-42(35)50-41-20-7-3-14-34(41)37-17-11-16-36(32)48(37)50/h1-28H. The molecule has 4 heterocycles. The molecule has 3 nitrogen and oxygen atoms in total. The van der Waals surface area contributed by atoms with Crippen LogP contribution in [0.5, 0.6) is 23.0 Å². The lowest BCUT2D eigenvalue weighted by atomic mass is 9.35. The van der Waals surface area contributed by atoms with Crippen LogP contribution < -0.4 is 25.9 Å². The van der Waals surface area contributed by atoms with Crippen LogP contribution in [0.4, 0.5) is 0 Å². The quantitative estimate of drug-likeness (QED) is 0.164. The lowest BCUT2D eigenvalue weighted by molar-refractivity contribution is 0.465. The molecule has 0 saturated carbocycles. The summed E-state index contributed by atoms with van der Waals surface area (Å²) in [5.74, 6) is 3.47. The molecule has 10 aromatic rings. The molecule has 52 heavy (non-hydrogen) atoms. The van der Waals surface area contributed by atoms with Gasteiger partial charge in [0.1, 0.15) is 23.0 Å². The Morgan fingerprint density at radius 1 is 0.346 bits per heavy atom. The van der Waals surface area contributed by atoms with Crippen molar-refractivity contribution in [3.05, 3.63) is 170 Å². The Balaban J connectivity index is 1.20. The molecule has 2 aromatic heterocycles. The predicted molar refractivity (Wildman–Crippen MR) is 217 cm³/mol. The van der Waals surface area contributed by atoms with Crippen molar-refractivity contribution in [2.45, 2.75) is 0 Å².